The quantitative estimate of drug-likeness (QED) is 0.150. The maximum absolute atomic E-state index is 12.9. The van der Waals surface area contributed by atoms with Crippen LogP contribution in [0.1, 0.15) is 38.1 Å². The van der Waals surface area contributed by atoms with Gasteiger partial charge in [-0.05, 0) is 37.5 Å². The summed E-state index contributed by atoms with van der Waals surface area (Å²) in [5.74, 6) is -5.40. The Morgan fingerprint density at radius 1 is 1.02 bits per heavy atom. The van der Waals surface area contributed by atoms with Crippen molar-refractivity contribution in [2.24, 2.45) is 5.73 Å². The van der Waals surface area contributed by atoms with E-state index >= 15 is 0 Å². The maximum Gasteiger partial charge on any atom is 0.490 e. The van der Waals surface area contributed by atoms with Crippen molar-refractivity contribution in [2.45, 2.75) is 71.1 Å². The molecule has 0 radical (unpaired) electrons. The van der Waals surface area contributed by atoms with Crippen LogP contribution in [0.15, 0.2) is 60.9 Å². The van der Waals surface area contributed by atoms with Crippen LogP contribution >= 0.6 is 0 Å². The largest absolute Gasteiger partial charge is 0.507 e. The lowest BCUT2D eigenvalue weighted by Gasteiger charge is -2.34. The molecular formula is C35H45F5N5O8+. The number of nitrogens with two attached hydrogens (primary N) is 1. The molecule has 1 aromatic heterocycles. The first-order valence-electron chi connectivity index (χ1n) is 16.7. The van der Waals surface area contributed by atoms with Gasteiger partial charge in [-0.15, -0.1) is 0 Å². The van der Waals surface area contributed by atoms with Crippen LogP contribution in [0.5, 0.6) is 5.75 Å². The van der Waals surface area contributed by atoms with Gasteiger partial charge in [-0.25, -0.2) is 18.7 Å². The number of fused-ring (bicyclic) bond motifs is 1. The molecule has 0 aliphatic carbocycles. The van der Waals surface area contributed by atoms with Gasteiger partial charge in [0, 0.05) is 45.8 Å². The Morgan fingerprint density at radius 3 is 2.13 bits per heavy atom. The highest BCUT2D eigenvalue weighted by atomic mass is 19.4. The van der Waals surface area contributed by atoms with Crippen LogP contribution < -0.4 is 15.0 Å². The van der Waals surface area contributed by atoms with Crippen LogP contribution in [-0.4, -0.2) is 100 Å². The summed E-state index contributed by atoms with van der Waals surface area (Å²) in [5, 5.41) is 15.1. The van der Waals surface area contributed by atoms with Crippen molar-refractivity contribution in [2.75, 3.05) is 39.4 Å². The van der Waals surface area contributed by atoms with Gasteiger partial charge in [-0.3, -0.25) is 4.79 Å². The minimum absolute atomic E-state index is 0.0616. The number of alkyl halides is 5. The third-order valence-corrected chi connectivity index (χ3v) is 8.27. The number of imidazole rings is 1. The topological polar surface area (TPSA) is 161 Å². The molecule has 292 valence electrons. The number of piperazine rings is 1. The van der Waals surface area contributed by atoms with Gasteiger partial charge in [0.2, 0.25) is 0 Å². The molecule has 2 fully saturated rings. The van der Waals surface area contributed by atoms with Crippen molar-refractivity contribution in [3.63, 3.8) is 0 Å². The number of halogens is 5. The highest BCUT2D eigenvalue weighted by Gasteiger charge is 2.38. The lowest BCUT2D eigenvalue weighted by molar-refractivity contribution is -0.676. The summed E-state index contributed by atoms with van der Waals surface area (Å²) in [5.41, 5.74) is 9.22. The van der Waals surface area contributed by atoms with E-state index in [0.29, 0.717) is 45.4 Å². The molecule has 18 heteroatoms. The van der Waals surface area contributed by atoms with Gasteiger partial charge < -0.3 is 40.0 Å². The van der Waals surface area contributed by atoms with E-state index in [1.54, 1.807) is 9.80 Å². The Labute approximate surface area is 302 Å². The fourth-order valence-electron chi connectivity index (χ4n) is 5.42. The lowest BCUT2D eigenvalue weighted by Crippen LogP contribution is -2.51. The molecule has 2 aromatic carbocycles. The van der Waals surface area contributed by atoms with Crippen molar-refractivity contribution in [3.05, 3.63) is 72.3 Å². The van der Waals surface area contributed by atoms with Crippen LogP contribution in [0.3, 0.4) is 0 Å². The molecule has 2 amide bonds. The molecular weight excluding hydrogens is 713 g/mol. The lowest BCUT2D eigenvalue weighted by atomic mass is 10.2. The van der Waals surface area contributed by atoms with Crippen LogP contribution in [-0.2, 0) is 45.3 Å². The molecule has 3 heterocycles. The maximum atomic E-state index is 12.9. The molecule has 0 saturated carbocycles. The SMILES string of the molecule is C=C(O)C(C)(F)F.CC[n+]1c(CN)n(CC2CCCO2)c2cc(OCC(=O)N3CCN(C(=O)OCc4ccccc4)CC3)ccc21.O=C(O)C(F)(F)F. The van der Waals surface area contributed by atoms with Crippen LogP contribution in [0, 0.1) is 0 Å². The molecule has 13 nitrogen and oxygen atoms in total. The Bertz CT molecular complexity index is 1660. The first-order valence-corrected chi connectivity index (χ1v) is 16.7. The molecule has 1 atom stereocenters. The first kappa shape index (κ1) is 42.4. The summed E-state index contributed by atoms with van der Waals surface area (Å²) in [4.78, 5) is 37.6. The van der Waals surface area contributed by atoms with E-state index < -0.39 is 23.8 Å². The fourth-order valence-corrected chi connectivity index (χ4v) is 5.42. The number of hydrogen-bond donors (Lipinski definition) is 3. The molecule has 1 unspecified atom stereocenters. The highest BCUT2D eigenvalue weighted by molar-refractivity contribution is 5.79. The summed E-state index contributed by atoms with van der Waals surface area (Å²) in [7, 11) is 0. The second kappa shape index (κ2) is 19.2. The van der Waals surface area contributed by atoms with Crippen LogP contribution in [0.4, 0.5) is 26.7 Å². The fraction of sp³-hybridized carbons (Fsp3) is 0.486. The molecule has 2 aliphatic heterocycles. The molecule has 3 aromatic rings. The third kappa shape index (κ3) is 12.6. The number of carboxylic acids is 1. The number of amides is 2. The monoisotopic (exact) mass is 758 g/mol. The summed E-state index contributed by atoms with van der Waals surface area (Å²) in [6.45, 7) is 10.0. The number of carbonyl (C=O) groups excluding carboxylic acids is 2. The van der Waals surface area contributed by atoms with Crippen molar-refractivity contribution < 1.29 is 65.3 Å². The van der Waals surface area contributed by atoms with E-state index in [1.165, 1.54) is 0 Å². The molecule has 4 N–H and O–H groups in total. The Hall–Kier alpha value is -4.97. The van der Waals surface area contributed by atoms with Crippen molar-refractivity contribution in [3.8, 4) is 5.75 Å². The Kier molecular flexibility index (Phi) is 15.4. The number of nitrogens with zero attached hydrogens (tertiary/aromatic N) is 4. The number of hydrogen-bond acceptors (Lipinski definition) is 8. The zero-order chi connectivity index (χ0) is 39.3. The second-order valence-corrected chi connectivity index (χ2v) is 12.1. The number of aryl methyl sites for hydroxylation is 1. The van der Waals surface area contributed by atoms with E-state index in [-0.39, 0.29) is 31.3 Å². The number of carboxylic acid groups (broad SMARTS) is 1. The van der Waals surface area contributed by atoms with Gasteiger partial charge in [0.25, 0.3) is 17.7 Å². The average molecular weight is 759 g/mol. The number of aliphatic carboxylic acids is 1. The van der Waals surface area contributed by atoms with Crippen LogP contribution in [0.2, 0.25) is 0 Å². The number of aliphatic hydroxyl groups is 1. The molecule has 2 aliphatic rings. The number of carbonyl (C=O) groups is 3. The first-order chi connectivity index (χ1) is 25.0. The summed E-state index contributed by atoms with van der Waals surface area (Å²) >= 11 is 0. The number of benzene rings is 2. The van der Waals surface area contributed by atoms with Gasteiger partial charge in [0.15, 0.2) is 23.4 Å². The number of aliphatic hydroxyl groups excluding tert-OH is 1. The Balaban J connectivity index is 0.000000458. The van der Waals surface area contributed by atoms with Gasteiger partial charge >= 0.3 is 18.2 Å². The van der Waals surface area contributed by atoms with E-state index in [1.807, 2.05) is 48.5 Å². The molecule has 5 rings (SSSR count). The second-order valence-electron chi connectivity index (χ2n) is 12.1. The highest BCUT2D eigenvalue weighted by Crippen LogP contribution is 2.24. The normalized spacial score (nSPS) is 15.9. The summed E-state index contributed by atoms with van der Waals surface area (Å²) in [6, 6.07) is 15.5. The predicted octanol–water partition coefficient (Wildman–Crippen LogP) is 4.79. The van der Waals surface area contributed by atoms with Gasteiger partial charge in [0.05, 0.1) is 19.2 Å². The van der Waals surface area contributed by atoms with Crippen molar-refractivity contribution >= 4 is 29.0 Å². The zero-order valence-corrected chi connectivity index (χ0v) is 29.5. The Morgan fingerprint density at radius 2 is 1.62 bits per heavy atom. The average Bonchev–Trinajstić information content (AvgIpc) is 3.75. The molecule has 0 bridgehead atoms. The minimum Gasteiger partial charge on any atom is -0.507 e. The summed E-state index contributed by atoms with van der Waals surface area (Å²) < 4.78 is 76.5. The van der Waals surface area contributed by atoms with Gasteiger partial charge in [-0.1, -0.05) is 36.9 Å². The van der Waals surface area contributed by atoms with E-state index in [2.05, 4.69) is 22.6 Å². The van der Waals surface area contributed by atoms with E-state index in [0.717, 1.165) is 55.0 Å². The third-order valence-electron chi connectivity index (χ3n) is 8.27. The minimum atomic E-state index is -5.08. The molecule has 2 saturated heterocycles. The smallest absolute Gasteiger partial charge is 0.490 e. The number of aromatic nitrogens is 2. The predicted molar refractivity (Wildman–Crippen MR) is 181 cm³/mol. The molecule has 53 heavy (non-hydrogen) atoms. The standard InChI is InChI=1S/C29H38N5O5.C4H6F2O.C2HF3O2/c1-2-33-25-11-10-23(17-26(25)34(27(33)18-30)19-24-9-6-16-37-24)38-21-28(35)31-12-14-32(15-13-31)29(36)39-20-22-7-4-3-5-8-22;1-3(7)4(2,5)6;3-2(4,5)1(6)7/h3-5,7-8,10-11,17,24H,2,6,9,12-16,18-21,30H2,1H3;7H,1H2,2H3;(H,6,7)/q+1;;. The number of allylic oxidation sites excluding steroid dienone is 1. The van der Waals surface area contributed by atoms with E-state index in [9.17, 15) is 31.5 Å². The van der Waals surface area contributed by atoms with Crippen molar-refractivity contribution in [1.82, 2.24) is 14.4 Å². The van der Waals surface area contributed by atoms with Crippen molar-refractivity contribution in [1.29, 1.82) is 0 Å². The number of rotatable bonds is 10. The van der Waals surface area contributed by atoms with Gasteiger partial charge in [0.1, 0.15) is 18.9 Å². The summed E-state index contributed by atoms with van der Waals surface area (Å²) in [6.07, 6.45) is -3.15. The zero-order valence-electron chi connectivity index (χ0n) is 29.5. The number of ether oxygens (including phenoxy) is 3. The molecule has 0 spiro atoms. The van der Waals surface area contributed by atoms with Gasteiger partial charge in [-0.2, -0.15) is 22.0 Å². The van der Waals surface area contributed by atoms with Crippen LogP contribution in [0.25, 0.3) is 11.0 Å². The van der Waals surface area contributed by atoms with E-state index in [4.69, 9.17) is 35.0 Å².